The van der Waals surface area contributed by atoms with Gasteiger partial charge in [0.2, 0.25) is 5.88 Å². The topological polar surface area (TPSA) is 105 Å². The second-order valence-corrected chi connectivity index (χ2v) is 5.64. The van der Waals surface area contributed by atoms with Crippen LogP contribution in [0.25, 0.3) is 16.9 Å². The van der Waals surface area contributed by atoms with E-state index in [0.29, 0.717) is 17.1 Å². The predicted octanol–water partition coefficient (Wildman–Crippen LogP) is 2.98. The molecule has 0 radical (unpaired) electrons. The number of esters is 1. The molecule has 0 aliphatic heterocycles. The van der Waals surface area contributed by atoms with E-state index in [1.165, 1.54) is 13.4 Å². The number of ether oxygens (including phenoxy) is 2. The smallest absolute Gasteiger partial charge is 0.337 e. The molecular weight excluding hydrogens is 346 g/mol. The fourth-order valence-corrected chi connectivity index (χ4v) is 2.66. The van der Waals surface area contributed by atoms with Crippen LogP contribution in [0.2, 0.25) is 0 Å². The molecule has 0 fully saturated rings. The van der Waals surface area contributed by atoms with Crippen LogP contribution in [0.5, 0.6) is 11.6 Å². The van der Waals surface area contributed by atoms with Crippen LogP contribution in [-0.2, 0) is 4.74 Å². The molecule has 0 spiro atoms. The number of nitrogens with zero attached hydrogens (tertiary/aromatic N) is 4. The molecule has 2 heterocycles. The first-order valence-electron chi connectivity index (χ1n) is 8.06. The van der Waals surface area contributed by atoms with E-state index in [2.05, 4.69) is 19.7 Å². The van der Waals surface area contributed by atoms with Gasteiger partial charge in [0.05, 0.1) is 23.7 Å². The highest BCUT2D eigenvalue weighted by Crippen LogP contribution is 2.30. The minimum atomic E-state index is -0.419. The maximum absolute atomic E-state index is 11.5. The molecule has 0 unspecified atom stereocenters. The van der Waals surface area contributed by atoms with Crippen molar-refractivity contribution in [1.82, 2.24) is 19.5 Å². The first kappa shape index (κ1) is 16.5. The average Bonchev–Trinajstić information content (AvgIpc) is 3.13. The number of nitrogen functional groups attached to an aromatic ring is 1. The summed E-state index contributed by atoms with van der Waals surface area (Å²) in [6.45, 7) is 0. The van der Waals surface area contributed by atoms with Crippen LogP contribution in [-0.4, -0.2) is 32.6 Å². The first-order valence-corrected chi connectivity index (χ1v) is 8.06. The van der Waals surface area contributed by atoms with Gasteiger partial charge in [-0.25, -0.2) is 14.8 Å². The van der Waals surface area contributed by atoms with Gasteiger partial charge < -0.3 is 15.2 Å². The van der Waals surface area contributed by atoms with Crippen molar-refractivity contribution in [2.24, 2.45) is 0 Å². The quantitative estimate of drug-likeness (QED) is 0.557. The number of carbonyl (C=O) groups excluding carboxylic acids is 1. The number of anilines is 1. The van der Waals surface area contributed by atoms with Gasteiger partial charge in [0, 0.05) is 0 Å². The number of methoxy groups -OCH3 is 1. The van der Waals surface area contributed by atoms with Gasteiger partial charge in [0.1, 0.15) is 24.1 Å². The molecule has 4 aromatic rings. The SMILES string of the molecule is COC(=O)c1ccc(Oc2ncnc(-n3cnc4ccccc43)c2N)cc1. The van der Waals surface area contributed by atoms with E-state index in [1.54, 1.807) is 35.2 Å². The molecule has 0 aliphatic carbocycles. The van der Waals surface area contributed by atoms with E-state index < -0.39 is 5.97 Å². The van der Waals surface area contributed by atoms with Crippen molar-refractivity contribution in [2.75, 3.05) is 12.8 Å². The molecule has 27 heavy (non-hydrogen) atoms. The van der Waals surface area contributed by atoms with Crippen LogP contribution < -0.4 is 10.5 Å². The van der Waals surface area contributed by atoms with E-state index in [-0.39, 0.29) is 11.6 Å². The highest BCUT2D eigenvalue weighted by Gasteiger charge is 2.14. The molecule has 0 bridgehead atoms. The number of benzene rings is 2. The number of carbonyl (C=O) groups is 1. The maximum atomic E-state index is 11.5. The molecular formula is C19H15N5O3. The van der Waals surface area contributed by atoms with Gasteiger partial charge >= 0.3 is 5.97 Å². The van der Waals surface area contributed by atoms with Crippen LogP contribution in [0.3, 0.4) is 0 Å². The Bertz CT molecular complexity index is 1120. The van der Waals surface area contributed by atoms with Gasteiger partial charge in [0.25, 0.3) is 0 Å². The highest BCUT2D eigenvalue weighted by molar-refractivity contribution is 5.89. The van der Waals surface area contributed by atoms with Crippen LogP contribution in [0.4, 0.5) is 5.69 Å². The third-order valence-electron chi connectivity index (χ3n) is 4.00. The fraction of sp³-hybridized carbons (Fsp3) is 0.0526. The molecule has 2 N–H and O–H groups in total. The Hall–Kier alpha value is -3.94. The zero-order valence-electron chi connectivity index (χ0n) is 14.4. The summed E-state index contributed by atoms with van der Waals surface area (Å²) in [6.07, 6.45) is 3.02. The van der Waals surface area contributed by atoms with E-state index in [1.807, 2.05) is 24.3 Å². The molecule has 2 aromatic heterocycles. The molecule has 2 aromatic carbocycles. The summed E-state index contributed by atoms with van der Waals surface area (Å²) in [6, 6.07) is 14.1. The monoisotopic (exact) mass is 361 g/mol. The summed E-state index contributed by atoms with van der Waals surface area (Å²) in [5.41, 5.74) is 8.64. The summed E-state index contributed by atoms with van der Waals surface area (Å²) in [4.78, 5) is 24.2. The number of imidazole rings is 1. The van der Waals surface area contributed by atoms with E-state index in [0.717, 1.165) is 11.0 Å². The Labute approximate surface area is 154 Å². The van der Waals surface area contributed by atoms with Crippen LogP contribution >= 0.6 is 0 Å². The fourth-order valence-electron chi connectivity index (χ4n) is 2.66. The lowest BCUT2D eigenvalue weighted by atomic mass is 10.2. The van der Waals surface area contributed by atoms with Crippen LogP contribution in [0.15, 0.2) is 61.2 Å². The number of hydrogen-bond donors (Lipinski definition) is 1. The van der Waals surface area contributed by atoms with Gasteiger partial charge in [-0.2, -0.15) is 4.98 Å². The zero-order valence-corrected chi connectivity index (χ0v) is 14.4. The maximum Gasteiger partial charge on any atom is 0.337 e. The van der Waals surface area contributed by atoms with Crippen molar-refractivity contribution in [3.63, 3.8) is 0 Å². The van der Waals surface area contributed by atoms with Gasteiger partial charge in [-0.3, -0.25) is 4.57 Å². The second kappa shape index (κ2) is 6.75. The molecule has 0 saturated carbocycles. The Morgan fingerprint density at radius 3 is 2.59 bits per heavy atom. The molecule has 0 amide bonds. The lowest BCUT2D eigenvalue weighted by molar-refractivity contribution is 0.0600. The lowest BCUT2D eigenvalue weighted by Crippen LogP contribution is -2.05. The predicted molar refractivity (Wildman–Crippen MR) is 98.9 cm³/mol. The summed E-state index contributed by atoms with van der Waals surface area (Å²) in [5, 5.41) is 0. The van der Waals surface area contributed by atoms with Crippen molar-refractivity contribution in [1.29, 1.82) is 0 Å². The van der Waals surface area contributed by atoms with Crippen molar-refractivity contribution in [2.45, 2.75) is 0 Å². The largest absolute Gasteiger partial charge is 0.465 e. The van der Waals surface area contributed by atoms with Gasteiger partial charge in [-0.1, -0.05) is 12.1 Å². The Kier molecular flexibility index (Phi) is 4.13. The summed E-state index contributed by atoms with van der Waals surface area (Å²) in [5.74, 6) is 0.746. The lowest BCUT2D eigenvalue weighted by Gasteiger charge is -2.11. The van der Waals surface area contributed by atoms with E-state index >= 15 is 0 Å². The molecule has 0 saturated heterocycles. The van der Waals surface area contributed by atoms with Gasteiger partial charge in [0.15, 0.2) is 5.82 Å². The molecule has 4 rings (SSSR count). The van der Waals surface area contributed by atoms with Crippen molar-refractivity contribution >= 4 is 22.7 Å². The van der Waals surface area contributed by atoms with Crippen LogP contribution in [0.1, 0.15) is 10.4 Å². The van der Waals surface area contributed by atoms with Crippen molar-refractivity contribution in [3.8, 4) is 17.4 Å². The van der Waals surface area contributed by atoms with E-state index in [9.17, 15) is 4.79 Å². The first-order chi connectivity index (χ1) is 13.2. The third kappa shape index (κ3) is 3.04. The Morgan fingerprint density at radius 1 is 1.04 bits per heavy atom. The summed E-state index contributed by atoms with van der Waals surface area (Å²) in [7, 11) is 1.33. The van der Waals surface area contributed by atoms with Crippen LogP contribution in [0, 0.1) is 0 Å². The van der Waals surface area contributed by atoms with Gasteiger partial charge in [-0.05, 0) is 36.4 Å². The number of aromatic nitrogens is 4. The Balaban J connectivity index is 1.67. The normalized spacial score (nSPS) is 10.7. The molecule has 8 heteroatoms. The number of fused-ring (bicyclic) bond motifs is 1. The van der Waals surface area contributed by atoms with Crippen molar-refractivity contribution < 1.29 is 14.3 Å². The Morgan fingerprint density at radius 2 is 1.81 bits per heavy atom. The molecule has 0 atom stereocenters. The number of hydrogen-bond acceptors (Lipinski definition) is 7. The molecule has 8 nitrogen and oxygen atoms in total. The summed E-state index contributed by atoms with van der Waals surface area (Å²) < 4.78 is 12.2. The van der Waals surface area contributed by atoms with Crippen molar-refractivity contribution in [3.05, 3.63) is 66.7 Å². The highest BCUT2D eigenvalue weighted by atomic mass is 16.5. The second-order valence-electron chi connectivity index (χ2n) is 5.64. The zero-order chi connectivity index (χ0) is 18.8. The number of rotatable bonds is 4. The molecule has 0 aliphatic rings. The number of para-hydroxylation sites is 2. The standard InChI is InChI=1S/C19H15N5O3/c1-26-19(25)12-6-8-13(9-7-12)27-18-16(20)17(21-10-22-18)24-11-23-14-4-2-3-5-15(14)24/h2-11H,20H2,1H3. The van der Waals surface area contributed by atoms with E-state index in [4.69, 9.17) is 10.5 Å². The van der Waals surface area contributed by atoms with Gasteiger partial charge in [-0.15, -0.1) is 0 Å². The average molecular weight is 361 g/mol. The molecule has 134 valence electrons. The minimum absolute atomic E-state index is 0.212. The minimum Gasteiger partial charge on any atom is -0.465 e. The number of nitrogens with two attached hydrogens (primary N) is 1. The third-order valence-corrected chi connectivity index (χ3v) is 4.00. The summed E-state index contributed by atoms with van der Waals surface area (Å²) >= 11 is 0.